The zero-order valence-corrected chi connectivity index (χ0v) is 74.9. The summed E-state index contributed by atoms with van der Waals surface area (Å²) in [7, 11) is 0. The maximum atomic E-state index is 4.35. The smallest absolute Gasteiger partial charge is 0.0731 e. The first-order valence-electron chi connectivity index (χ1n) is 43.7. The molecule has 0 atom stereocenters. The van der Waals surface area contributed by atoms with Crippen LogP contribution in [0.2, 0.25) is 0 Å². The molecule has 0 aliphatic carbocycles. The summed E-state index contributed by atoms with van der Waals surface area (Å²) in [5.41, 5.74) is 33.1. The van der Waals surface area contributed by atoms with Gasteiger partial charge in [-0.05, 0) is 232 Å². The second-order valence-corrected chi connectivity index (χ2v) is 31.6. The van der Waals surface area contributed by atoms with E-state index in [9.17, 15) is 0 Å². The van der Waals surface area contributed by atoms with Gasteiger partial charge in [-0.2, -0.15) is 0 Å². The highest BCUT2D eigenvalue weighted by molar-refractivity contribution is 6.00. The van der Waals surface area contributed by atoms with Crippen LogP contribution < -0.4 is 0 Å². The monoisotopic (exact) mass is 1670 g/mol. The minimum Gasteiger partial charge on any atom is -0.264 e. The predicted molar refractivity (Wildman–Crippen MR) is 549 cm³/mol. The molecule has 0 saturated carbocycles. The molecule has 0 bridgehead atoms. The van der Waals surface area contributed by atoms with Crippen LogP contribution in [0.15, 0.2) is 493 Å². The fraction of sp³-hybridized carbons (Fsp3) is 0.0732. The Kier molecular flexibility index (Phi) is 33.6. The molecular weight excluding hydrogens is 1560 g/mol. The number of aryl methyl sites for hydroxylation is 9. The summed E-state index contributed by atoms with van der Waals surface area (Å²) in [4.78, 5) is 25.3. The molecule has 0 saturated heterocycles. The van der Waals surface area contributed by atoms with Crippen molar-refractivity contribution in [3.05, 3.63) is 543 Å². The SMILES string of the molecule is Cc1cc(-c2ccccc2)c2ccccc2c1.Cc1ccc(-c2ccccc2)c2ccccc12.Cc1ccc(-c2ccccc2)nc1.Cc1ccc(-c2cccnc2)cc1.Cc1ccc2c(-c3ccccc3)cccc2c1.Cc1cccc(-c2cccnc2)c1.Cc1ccccc1-c1cccnc1.Cc1cccnc1-c1ccccc1.Cc1ccnc(-c2ccccc2)c1. The number of hydrogen-bond acceptors (Lipinski definition) is 6. The molecule has 21 aromatic rings. The van der Waals surface area contributed by atoms with Crippen LogP contribution in [-0.4, -0.2) is 29.9 Å². The highest BCUT2D eigenvalue weighted by Gasteiger charge is 2.10. The maximum Gasteiger partial charge on any atom is 0.0731 e. The third-order valence-electron chi connectivity index (χ3n) is 21.6. The topological polar surface area (TPSA) is 77.3 Å². The normalized spacial score (nSPS) is 10.2. The summed E-state index contributed by atoms with van der Waals surface area (Å²) >= 11 is 0. The summed E-state index contributed by atoms with van der Waals surface area (Å²) in [5, 5.41) is 7.94. The van der Waals surface area contributed by atoms with Gasteiger partial charge in [0.25, 0.3) is 0 Å². The van der Waals surface area contributed by atoms with Gasteiger partial charge in [0.1, 0.15) is 0 Å². The molecule has 6 nitrogen and oxygen atoms in total. The van der Waals surface area contributed by atoms with Crippen LogP contribution in [-0.2, 0) is 0 Å². The third-order valence-corrected chi connectivity index (χ3v) is 21.6. The largest absolute Gasteiger partial charge is 0.264 e. The van der Waals surface area contributed by atoms with E-state index in [0.717, 1.165) is 17.1 Å². The molecule has 15 aromatic carbocycles. The average Bonchev–Trinajstić information content (AvgIpc) is 0.798. The van der Waals surface area contributed by atoms with Crippen LogP contribution >= 0.6 is 0 Å². The van der Waals surface area contributed by atoms with E-state index in [1.165, 1.54) is 166 Å². The third kappa shape index (κ3) is 27.0. The summed E-state index contributed by atoms with van der Waals surface area (Å²) in [5.74, 6) is 0. The minimum absolute atomic E-state index is 1.03. The van der Waals surface area contributed by atoms with Crippen molar-refractivity contribution >= 4 is 32.3 Å². The van der Waals surface area contributed by atoms with E-state index in [1.54, 1.807) is 18.6 Å². The van der Waals surface area contributed by atoms with Crippen molar-refractivity contribution in [2.45, 2.75) is 62.3 Å². The van der Waals surface area contributed by atoms with Crippen LogP contribution in [0.25, 0.3) is 133 Å². The molecule has 0 unspecified atom stereocenters. The molecule has 0 N–H and O–H groups in total. The number of rotatable bonds is 9. The number of aromatic nitrogens is 6. The van der Waals surface area contributed by atoms with Crippen LogP contribution in [0.5, 0.6) is 0 Å². The molecule has 6 heterocycles. The average molecular weight is 1670 g/mol. The summed E-state index contributed by atoms with van der Waals surface area (Å²) in [6.45, 7) is 18.9. The molecule has 630 valence electrons. The van der Waals surface area contributed by atoms with Crippen molar-refractivity contribution < 1.29 is 0 Å². The highest BCUT2D eigenvalue weighted by Crippen LogP contribution is 2.34. The number of hydrogen-bond donors (Lipinski definition) is 0. The van der Waals surface area contributed by atoms with Crippen LogP contribution in [0.1, 0.15) is 50.1 Å². The van der Waals surface area contributed by atoms with E-state index < -0.39 is 0 Å². The predicted octanol–water partition coefficient (Wildman–Crippen LogP) is 32.8. The Labute approximate surface area is 762 Å². The zero-order chi connectivity index (χ0) is 89.6. The lowest BCUT2D eigenvalue weighted by Gasteiger charge is -2.09. The lowest BCUT2D eigenvalue weighted by Crippen LogP contribution is -1.85. The second kappa shape index (κ2) is 47.7. The lowest BCUT2D eigenvalue weighted by molar-refractivity contribution is 1.27. The molecular formula is C123H108N6. The van der Waals surface area contributed by atoms with E-state index in [0.29, 0.717) is 0 Å². The van der Waals surface area contributed by atoms with E-state index in [-0.39, 0.29) is 0 Å². The van der Waals surface area contributed by atoms with Gasteiger partial charge in [-0.15, -0.1) is 0 Å². The van der Waals surface area contributed by atoms with E-state index in [4.69, 9.17) is 0 Å². The molecule has 6 heteroatoms. The lowest BCUT2D eigenvalue weighted by atomic mass is 9.96. The first-order valence-corrected chi connectivity index (χ1v) is 43.7. The molecule has 0 amide bonds. The van der Waals surface area contributed by atoms with Gasteiger partial charge in [-0.1, -0.05) is 411 Å². The van der Waals surface area contributed by atoms with Crippen molar-refractivity contribution in [2.75, 3.05) is 0 Å². The molecule has 129 heavy (non-hydrogen) atoms. The molecule has 6 aromatic heterocycles. The van der Waals surface area contributed by atoms with Gasteiger partial charge in [0, 0.05) is 78.0 Å². The second-order valence-electron chi connectivity index (χ2n) is 31.6. The standard InChI is InChI=1S/3C17H14.6C12H11N/c1-13-11-15-9-5-6-10-16(15)17(12-13)14-7-3-2-4-8-14;1-13-11-12-16(14-7-3-2-4-8-14)17-10-6-5-9-15(13)17;1-13-10-11-17-15(12-13)8-5-9-16(17)14-6-3-2-4-7-14;1-10-4-2-5-11(8-10)12-6-3-7-13-9-12;1-10-4-6-11(7-5-10)12-3-2-8-13-9-12;1-10-5-2-3-7-12(10)11-6-4-8-13-9-11;1-10-6-5-9-13-12(10)11-7-3-2-4-8-11;1-10-7-8-13-12(9-10)11-5-3-2-4-6-11;1-10-7-8-12(13-9-10)11-5-3-2-4-6-11/h3*2-12H,1H3;6*2-9H,1H3. The van der Waals surface area contributed by atoms with Crippen molar-refractivity contribution in [3.63, 3.8) is 0 Å². The molecule has 0 fully saturated rings. The van der Waals surface area contributed by atoms with Crippen molar-refractivity contribution in [1.29, 1.82) is 0 Å². The maximum absolute atomic E-state index is 4.35. The van der Waals surface area contributed by atoms with Crippen molar-refractivity contribution in [1.82, 2.24) is 29.9 Å². The first kappa shape index (κ1) is 90.7. The van der Waals surface area contributed by atoms with Crippen LogP contribution in [0, 0.1) is 62.3 Å². The molecule has 0 spiro atoms. The number of nitrogens with zero attached hydrogens (tertiary/aromatic N) is 6. The zero-order valence-electron chi connectivity index (χ0n) is 74.9. The number of pyridine rings is 6. The highest BCUT2D eigenvalue weighted by atomic mass is 14.7. The van der Waals surface area contributed by atoms with Crippen LogP contribution in [0.4, 0.5) is 0 Å². The molecule has 0 radical (unpaired) electrons. The van der Waals surface area contributed by atoms with Gasteiger partial charge in [0.05, 0.1) is 17.1 Å². The fourth-order valence-corrected chi connectivity index (χ4v) is 14.9. The Bertz CT molecular complexity index is 6690. The summed E-state index contributed by atoms with van der Waals surface area (Å²) in [6, 6.07) is 151. The van der Waals surface area contributed by atoms with Crippen LogP contribution in [0.3, 0.4) is 0 Å². The fourth-order valence-electron chi connectivity index (χ4n) is 14.9. The molecule has 0 aliphatic rings. The van der Waals surface area contributed by atoms with Gasteiger partial charge in [0.2, 0.25) is 0 Å². The Morgan fingerprint density at radius 2 is 0.574 bits per heavy atom. The number of benzene rings is 15. The summed E-state index contributed by atoms with van der Waals surface area (Å²) in [6.07, 6.45) is 16.6. The van der Waals surface area contributed by atoms with E-state index >= 15 is 0 Å². The Morgan fingerprint density at radius 1 is 0.155 bits per heavy atom. The van der Waals surface area contributed by atoms with Gasteiger partial charge < -0.3 is 0 Å². The first-order chi connectivity index (χ1) is 63.2. The minimum atomic E-state index is 1.03. The van der Waals surface area contributed by atoms with Gasteiger partial charge in [-0.25, -0.2) is 0 Å². The Balaban J connectivity index is 0.000000124. The van der Waals surface area contributed by atoms with Gasteiger partial charge in [-0.3, -0.25) is 29.9 Å². The number of fused-ring (bicyclic) bond motifs is 3. The molecule has 21 rings (SSSR count). The summed E-state index contributed by atoms with van der Waals surface area (Å²) < 4.78 is 0. The Hall–Kier alpha value is -16.0. The Morgan fingerprint density at radius 3 is 1.13 bits per heavy atom. The van der Waals surface area contributed by atoms with Crippen molar-refractivity contribution in [3.8, 4) is 101 Å². The van der Waals surface area contributed by atoms with Gasteiger partial charge in [0.15, 0.2) is 0 Å². The molecule has 0 aliphatic heterocycles. The van der Waals surface area contributed by atoms with Gasteiger partial charge >= 0.3 is 0 Å². The van der Waals surface area contributed by atoms with Crippen molar-refractivity contribution in [2.24, 2.45) is 0 Å². The van der Waals surface area contributed by atoms with E-state index in [2.05, 4.69) is 431 Å². The quantitative estimate of drug-likeness (QED) is 0.143. The van der Waals surface area contributed by atoms with E-state index in [1.807, 2.05) is 135 Å².